The molecule has 21 heavy (non-hydrogen) atoms. The molecule has 0 unspecified atom stereocenters. The number of aliphatic hydroxyl groups excluding tert-OH is 1. The van der Waals surface area contributed by atoms with Crippen LogP contribution in [0.5, 0.6) is 0 Å². The van der Waals surface area contributed by atoms with Crippen molar-refractivity contribution in [2.24, 2.45) is 0 Å². The lowest BCUT2D eigenvalue weighted by atomic mass is 10.2. The van der Waals surface area contributed by atoms with Crippen molar-refractivity contribution < 1.29 is 17.9 Å². The molecule has 1 rings (SSSR count). The summed E-state index contributed by atoms with van der Waals surface area (Å²) >= 11 is 0. The maximum absolute atomic E-state index is 13.4. The highest BCUT2D eigenvalue weighted by atomic mass is 32.2. The number of aliphatic hydroxyl groups is 1. The molecular formula is C15H20FNO3S. The molecule has 116 valence electrons. The third-order valence-electron chi connectivity index (χ3n) is 2.88. The number of hydrogen-bond donors (Lipinski definition) is 1. The molecule has 0 heterocycles. The Hall–Kier alpha value is -1.42. The summed E-state index contributed by atoms with van der Waals surface area (Å²) in [4.78, 5) is -0.00936. The van der Waals surface area contributed by atoms with Crippen molar-refractivity contribution in [1.82, 2.24) is 4.31 Å². The van der Waals surface area contributed by atoms with Gasteiger partial charge in [-0.3, -0.25) is 0 Å². The number of hydrogen-bond acceptors (Lipinski definition) is 3. The van der Waals surface area contributed by atoms with E-state index in [4.69, 9.17) is 5.11 Å². The minimum atomic E-state index is -3.73. The molecule has 0 aliphatic carbocycles. The van der Waals surface area contributed by atoms with Gasteiger partial charge in [0.05, 0.1) is 11.5 Å². The number of rotatable bonds is 5. The summed E-state index contributed by atoms with van der Waals surface area (Å²) in [6.45, 7) is 5.50. The Morgan fingerprint density at radius 3 is 2.57 bits per heavy atom. The molecule has 4 nitrogen and oxygen atoms in total. The number of sulfonamides is 1. The average molecular weight is 313 g/mol. The minimum absolute atomic E-state index is 0.00936. The third-order valence-corrected chi connectivity index (χ3v) is 5.08. The van der Waals surface area contributed by atoms with Crippen LogP contribution >= 0.6 is 0 Å². The highest BCUT2D eigenvalue weighted by molar-refractivity contribution is 7.89. The zero-order chi connectivity index (χ0) is 16.0. The van der Waals surface area contributed by atoms with E-state index < -0.39 is 15.8 Å². The van der Waals surface area contributed by atoms with Crippen molar-refractivity contribution >= 4 is 10.0 Å². The Labute approximate surface area is 125 Å². The Morgan fingerprint density at radius 2 is 2.05 bits per heavy atom. The van der Waals surface area contributed by atoms with Crippen LogP contribution in [0.4, 0.5) is 4.39 Å². The van der Waals surface area contributed by atoms with Crippen LogP contribution in [0.1, 0.15) is 32.8 Å². The van der Waals surface area contributed by atoms with Crippen LogP contribution in [0.2, 0.25) is 0 Å². The van der Waals surface area contributed by atoms with E-state index in [1.54, 1.807) is 20.8 Å². The quantitative estimate of drug-likeness (QED) is 0.846. The standard InChI is InChI=1S/C15H20FNO3S/c1-4-17(12(2)3)21(19,20)15-9-8-14(16)11-13(15)7-5-6-10-18/h8-9,11-12,18H,4,6,10H2,1-3H3. The zero-order valence-electron chi connectivity index (χ0n) is 12.4. The van der Waals surface area contributed by atoms with Gasteiger partial charge in [-0.1, -0.05) is 18.8 Å². The molecule has 0 aliphatic heterocycles. The maximum Gasteiger partial charge on any atom is 0.244 e. The summed E-state index contributed by atoms with van der Waals surface area (Å²) in [5, 5.41) is 8.72. The summed E-state index contributed by atoms with van der Waals surface area (Å²) in [5.41, 5.74) is 0.113. The second-order valence-corrected chi connectivity index (χ2v) is 6.58. The highest BCUT2D eigenvalue weighted by Gasteiger charge is 2.27. The van der Waals surface area contributed by atoms with Crippen molar-refractivity contribution in [2.75, 3.05) is 13.2 Å². The predicted octanol–water partition coefficient (Wildman–Crippen LogP) is 1.98. The summed E-state index contributed by atoms with van der Waals surface area (Å²) in [6.07, 6.45) is 0.206. The van der Waals surface area contributed by atoms with Gasteiger partial charge >= 0.3 is 0 Å². The topological polar surface area (TPSA) is 57.6 Å². The van der Waals surface area contributed by atoms with E-state index in [2.05, 4.69) is 11.8 Å². The van der Waals surface area contributed by atoms with Crippen LogP contribution in [-0.4, -0.2) is 37.0 Å². The fourth-order valence-corrected chi connectivity index (χ4v) is 3.75. The molecule has 0 saturated heterocycles. The predicted molar refractivity (Wildman–Crippen MR) is 79.7 cm³/mol. The molecule has 0 radical (unpaired) electrons. The van der Waals surface area contributed by atoms with Gasteiger partial charge in [-0.25, -0.2) is 12.8 Å². The zero-order valence-corrected chi connectivity index (χ0v) is 13.2. The Kier molecular flexibility index (Phi) is 6.34. The molecule has 0 spiro atoms. The van der Waals surface area contributed by atoms with Crippen LogP contribution in [0.3, 0.4) is 0 Å². The molecular weight excluding hydrogens is 293 g/mol. The molecule has 0 bridgehead atoms. The number of nitrogens with zero attached hydrogens (tertiary/aromatic N) is 1. The van der Waals surface area contributed by atoms with E-state index in [0.29, 0.717) is 6.54 Å². The van der Waals surface area contributed by atoms with Crippen molar-refractivity contribution in [2.45, 2.75) is 38.1 Å². The van der Waals surface area contributed by atoms with E-state index in [-0.39, 0.29) is 29.5 Å². The minimum Gasteiger partial charge on any atom is -0.395 e. The van der Waals surface area contributed by atoms with Crippen LogP contribution in [-0.2, 0) is 10.0 Å². The van der Waals surface area contributed by atoms with Gasteiger partial charge in [-0.15, -0.1) is 0 Å². The summed E-state index contributed by atoms with van der Waals surface area (Å²) in [7, 11) is -3.73. The van der Waals surface area contributed by atoms with Gasteiger partial charge in [0.25, 0.3) is 0 Å². The van der Waals surface area contributed by atoms with E-state index in [9.17, 15) is 12.8 Å². The van der Waals surface area contributed by atoms with Crippen LogP contribution in [0.25, 0.3) is 0 Å². The first kappa shape index (κ1) is 17.6. The Morgan fingerprint density at radius 1 is 1.38 bits per heavy atom. The van der Waals surface area contributed by atoms with Crippen molar-refractivity contribution in [1.29, 1.82) is 0 Å². The van der Waals surface area contributed by atoms with Gasteiger partial charge < -0.3 is 5.11 Å². The Balaban J connectivity index is 3.39. The molecule has 0 atom stereocenters. The second-order valence-electron chi connectivity index (χ2n) is 4.72. The largest absolute Gasteiger partial charge is 0.395 e. The lowest BCUT2D eigenvalue weighted by Crippen LogP contribution is -2.37. The second kappa shape index (κ2) is 7.55. The van der Waals surface area contributed by atoms with Crippen LogP contribution < -0.4 is 0 Å². The molecule has 0 saturated carbocycles. The summed E-state index contributed by atoms with van der Waals surface area (Å²) in [6, 6.07) is 3.24. The summed E-state index contributed by atoms with van der Waals surface area (Å²) < 4.78 is 40.0. The molecule has 0 amide bonds. The van der Waals surface area contributed by atoms with Gasteiger partial charge in [0.2, 0.25) is 10.0 Å². The van der Waals surface area contributed by atoms with Crippen molar-refractivity contribution in [3.05, 3.63) is 29.6 Å². The summed E-state index contributed by atoms with van der Waals surface area (Å²) in [5.74, 6) is 4.70. The van der Waals surface area contributed by atoms with Gasteiger partial charge in [-0.2, -0.15) is 4.31 Å². The lowest BCUT2D eigenvalue weighted by Gasteiger charge is -2.24. The third kappa shape index (κ3) is 4.27. The van der Waals surface area contributed by atoms with E-state index in [0.717, 1.165) is 12.1 Å². The van der Waals surface area contributed by atoms with E-state index >= 15 is 0 Å². The van der Waals surface area contributed by atoms with Gasteiger partial charge in [0, 0.05) is 24.6 Å². The van der Waals surface area contributed by atoms with E-state index in [1.165, 1.54) is 10.4 Å². The van der Waals surface area contributed by atoms with Crippen LogP contribution in [0.15, 0.2) is 23.1 Å². The number of halogens is 1. The molecule has 0 aliphatic rings. The highest BCUT2D eigenvalue weighted by Crippen LogP contribution is 2.22. The van der Waals surface area contributed by atoms with Gasteiger partial charge in [0.15, 0.2) is 0 Å². The Bertz CT molecular complexity index is 645. The molecule has 6 heteroatoms. The first-order valence-corrected chi connectivity index (χ1v) is 8.19. The van der Waals surface area contributed by atoms with Crippen molar-refractivity contribution in [3.63, 3.8) is 0 Å². The lowest BCUT2D eigenvalue weighted by molar-refractivity contribution is 0.305. The molecule has 1 aromatic rings. The SMILES string of the molecule is CCN(C(C)C)S(=O)(=O)c1ccc(F)cc1C#CCCO. The van der Waals surface area contributed by atoms with Gasteiger partial charge in [0.1, 0.15) is 5.82 Å². The average Bonchev–Trinajstić information content (AvgIpc) is 2.38. The molecule has 1 N–H and O–H groups in total. The van der Waals surface area contributed by atoms with Crippen LogP contribution in [0, 0.1) is 17.7 Å². The first-order chi connectivity index (χ1) is 9.84. The fraction of sp³-hybridized carbons (Fsp3) is 0.467. The normalized spacial score (nSPS) is 11.6. The monoisotopic (exact) mass is 313 g/mol. The van der Waals surface area contributed by atoms with E-state index in [1.807, 2.05) is 0 Å². The number of benzene rings is 1. The molecule has 0 fully saturated rings. The fourth-order valence-electron chi connectivity index (χ4n) is 1.98. The molecule has 0 aromatic heterocycles. The van der Waals surface area contributed by atoms with Gasteiger partial charge in [-0.05, 0) is 32.0 Å². The molecule has 1 aromatic carbocycles. The maximum atomic E-state index is 13.4. The van der Waals surface area contributed by atoms with Crippen molar-refractivity contribution in [3.8, 4) is 11.8 Å². The first-order valence-electron chi connectivity index (χ1n) is 6.75. The smallest absolute Gasteiger partial charge is 0.244 e.